The van der Waals surface area contributed by atoms with Gasteiger partial charge in [0.25, 0.3) is 0 Å². The van der Waals surface area contributed by atoms with E-state index < -0.39 is 11.9 Å². The van der Waals surface area contributed by atoms with E-state index in [0.717, 1.165) is 90.9 Å². The van der Waals surface area contributed by atoms with E-state index in [1.807, 2.05) is 0 Å². The van der Waals surface area contributed by atoms with Crippen LogP contribution >= 0.6 is 0 Å². The zero-order valence-electron chi connectivity index (χ0n) is 16.7. The number of esters is 2. The Hall–Kier alpha value is -2.38. The summed E-state index contributed by atoms with van der Waals surface area (Å²) < 4.78 is 10.9. The van der Waals surface area contributed by atoms with Crippen molar-refractivity contribution in [2.75, 3.05) is 14.2 Å². The van der Waals surface area contributed by atoms with E-state index in [1.54, 1.807) is 0 Å². The van der Waals surface area contributed by atoms with Crippen LogP contribution in [-0.4, -0.2) is 60.1 Å². The van der Waals surface area contributed by atoms with E-state index in [0.29, 0.717) is 9.48 Å². The highest BCUT2D eigenvalue weighted by Crippen LogP contribution is 2.21. The molecule has 0 spiro atoms. The quantitative estimate of drug-likeness (QED) is 0.171. The number of hydrogen-bond donors (Lipinski definition) is 0. The lowest BCUT2D eigenvalue weighted by Crippen LogP contribution is -2.30. The molecule has 0 aromatic heterocycles. The third-order valence-corrected chi connectivity index (χ3v) is 5.48. The number of hydrogen-bond acceptors (Lipinski definition) is 6. The van der Waals surface area contributed by atoms with Crippen LogP contribution in [0.25, 0.3) is 0 Å². The van der Waals surface area contributed by atoms with Gasteiger partial charge in [-0.25, -0.2) is 19.1 Å². The van der Waals surface area contributed by atoms with Gasteiger partial charge in [0, 0.05) is 25.7 Å². The van der Waals surface area contributed by atoms with Crippen LogP contribution in [0.2, 0.25) is 0 Å². The molecule has 0 unspecified atom stereocenters. The molecule has 0 bridgehead atoms. The van der Waals surface area contributed by atoms with E-state index in [2.05, 4.69) is 0 Å². The smallest absolute Gasteiger partial charge is 0.345 e. The Morgan fingerprint density at radius 2 is 1.04 bits per heavy atom. The summed E-state index contributed by atoms with van der Waals surface area (Å²) in [6.45, 7) is 0. The third kappa shape index (κ3) is 5.81. The highest BCUT2D eigenvalue weighted by atomic mass is 16.5. The largest absolute Gasteiger partial charge is 0.624 e. The molecule has 0 saturated heterocycles. The van der Waals surface area contributed by atoms with E-state index in [4.69, 9.17) is 9.47 Å². The monoisotopic (exact) mass is 394 g/mol. The number of nitrogens with zero attached hydrogens (tertiary/aromatic N) is 2. The summed E-state index contributed by atoms with van der Waals surface area (Å²) >= 11 is 0. The number of carbonyl (C=O) groups is 2. The van der Waals surface area contributed by atoms with Gasteiger partial charge in [-0.05, 0) is 25.7 Å². The number of hydroxylamine groups is 2. The Bertz CT molecular complexity index is 600. The zero-order chi connectivity index (χ0) is 20.5. The molecule has 0 aliphatic heterocycles. The lowest BCUT2D eigenvalue weighted by molar-refractivity contribution is -0.501. The van der Waals surface area contributed by atoms with E-state index in [9.17, 15) is 20.0 Å². The second-order valence-electron chi connectivity index (χ2n) is 7.37. The van der Waals surface area contributed by atoms with Crippen molar-refractivity contribution in [2.45, 2.75) is 76.3 Å². The van der Waals surface area contributed by atoms with Gasteiger partial charge in [-0.2, -0.15) is 0 Å². The minimum absolute atomic E-state index is 0.256. The van der Waals surface area contributed by atoms with Crippen molar-refractivity contribution in [3.05, 3.63) is 21.6 Å². The van der Waals surface area contributed by atoms with Crippen molar-refractivity contribution in [1.82, 2.24) is 0 Å². The van der Waals surface area contributed by atoms with Crippen LogP contribution in [0.15, 0.2) is 11.1 Å². The van der Waals surface area contributed by atoms with Crippen LogP contribution in [0, 0.1) is 10.4 Å². The minimum atomic E-state index is -0.856. The molecule has 0 radical (unpaired) electrons. The number of ether oxygens (including phenoxy) is 2. The van der Waals surface area contributed by atoms with Crippen molar-refractivity contribution in [1.29, 1.82) is 0 Å². The fraction of sp³-hybridized carbons (Fsp3) is 0.700. The standard InChI is InChI=1S/C20H30N2O6/c1-27-19(23)17(13-21(25)15-9-5-3-6-10-15)18(20(24)28-2)14-22(26)16-11-7-4-8-12-16/h13-16H,3-12H2,1-2H3/b18-17+,21-13-,22-14-. The van der Waals surface area contributed by atoms with Crippen LogP contribution in [-0.2, 0) is 19.1 Å². The van der Waals surface area contributed by atoms with Gasteiger partial charge in [-0.1, -0.05) is 12.8 Å². The Balaban J connectivity index is 2.45. The number of carbonyl (C=O) groups excluding carboxylic acids is 2. The normalized spacial score (nSPS) is 21.1. The fourth-order valence-corrected chi connectivity index (χ4v) is 3.82. The molecular weight excluding hydrogens is 364 g/mol. The molecule has 8 heteroatoms. The first-order chi connectivity index (χ1) is 13.5. The van der Waals surface area contributed by atoms with Crippen LogP contribution in [0.4, 0.5) is 0 Å². The molecule has 0 aromatic rings. The topological polar surface area (TPSA) is 105 Å². The molecule has 2 aliphatic carbocycles. The van der Waals surface area contributed by atoms with Gasteiger partial charge in [0.2, 0.25) is 0 Å². The highest BCUT2D eigenvalue weighted by Gasteiger charge is 2.29. The predicted molar refractivity (Wildman–Crippen MR) is 104 cm³/mol. The Labute approximate surface area is 165 Å². The van der Waals surface area contributed by atoms with Crippen LogP contribution in [0.3, 0.4) is 0 Å². The molecule has 2 rings (SSSR count). The van der Waals surface area contributed by atoms with Crippen molar-refractivity contribution in [3.63, 3.8) is 0 Å². The summed E-state index contributed by atoms with van der Waals surface area (Å²) in [7, 11) is 2.33. The van der Waals surface area contributed by atoms with Gasteiger partial charge >= 0.3 is 11.9 Å². The molecular formula is C20H30N2O6. The van der Waals surface area contributed by atoms with Crippen molar-refractivity contribution >= 4 is 24.4 Å². The maximum Gasteiger partial charge on any atom is 0.345 e. The lowest BCUT2D eigenvalue weighted by atomic mass is 9.95. The molecule has 0 heterocycles. The molecule has 0 atom stereocenters. The second-order valence-corrected chi connectivity index (χ2v) is 7.37. The molecule has 0 amide bonds. The fourth-order valence-electron chi connectivity index (χ4n) is 3.82. The van der Waals surface area contributed by atoms with Crippen molar-refractivity contribution in [3.8, 4) is 0 Å². The minimum Gasteiger partial charge on any atom is -0.624 e. The molecule has 8 nitrogen and oxygen atoms in total. The van der Waals surface area contributed by atoms with Crippen molar-refractivity contribution in [2.24, 2.45) is 0 Å². The van der Waals surface area contributed by atoms with Gasteiger partial charge < -0.3 is 19.9 Å². The summed E-state index contributed by atoms with van der Waals surface area (Å²) in [6, 6.07) is -0.511. The molecule has 0 aromatic carbocycles. The van der Waals surface area contributed by atoms with Gasteiger partial charge in [-0.3, -0.25) is 0 Å². The molecule has 156 valence electrons. The highest BCUT2D eigenvalue weighted by molar-refractivity contribution is 6.22. The second kappa shape index (κ2) is 10.8. The SMILES string of the molecule is COC(=O)C(/C=[N+](\[O-])C1CCCCC1)=C(\C=[N+](/[O-])C1CCCCC1)C(=O)OC. The molecule has 2 aliphatic rings. The van der Waals surface area contributed by atoms with Gasteiger partial charge in [0.1, 0.15) is 11.1 Å². The summed E-state index contributed by atoms with van der Waals surface area (Å²) in [4.78, 5) is 24.6. The lowest BCUT2D eigenvalue weighted by Gasteiger charge is -2.22. The maximum absolute atomic E-state index is 12.6. The molecule has 2 saturated carbocycles. The molecule has 28 heavy (non-hydrogen) atoms. The molecule has 2 fully saturated rings. The van der Waals surface area contributed by atoms with E-state index in [-0.39, 0.29) is 23.2 Å². The van der Waals surface area contributed by atoms with Crippen molar-refractivity contribution < 1.29 is 28.5 Å². The number of rotatable bonds is 6. The number of methoxy groups -OCH3 is 2. The van der Waals surface area contributed by atoms with Crippen LogP contribution in [0.1, 0.15) is 64.2 Å². The summed E-state index contributed by atoms with van der Waals surface area (Å²) in [5.41, 5.74) is -0.516. The van der Waals surface area contributed by atoms with E-state index >= 15 is 0 Å². The third-order valence-electron chi connectivity index (χ3n) is 5.48. The average molecular weight is 394 g/mol. The predicted octanol–water partition coefficient (Wildman–Crippen LogP) is 2.46. The Kier molecular flexibility index (Phi) is 8.47. The first-order valence-corrected chi connectivity index (χ1v) is 9.99. The average Bonchev–Trinajstić information content (AvgIpc) is 2.75. The zero-order valence-corrected chi connectivity index (χ0v) is 16.7. The summed E-state index contributed by atoms with van der Waals surface area (Å²) in [5.74, 6) is -1.71. The van der Waals surface area contributed by atoms with Crippen LogP contribution in [0.5, 0.6) is 0 Å². The van der Waals surface area contributed by atoms with Gasteiger partial charge in [0.15, 0.2) is 24.5 Å². The maximum atomic E-state index is 12.6. The summed E-state index contributed by atoms with van der Waals surface area (Å²) in [5, 5.41) is 25.2. The van der Waals surface area contributed by atoms with Gasteiger partial charge in [-0.15, -0.1) is 0 Å². The first kappa shape index (κ1) is 21.9. The Morgan fingerprint density at radius 3 is 1.32 bits per heavy atom. The van der Waals surface area contributed by atoms with E-state index in [1.165, 1.54) is 0 Å². The van der Waals surface area contributed by atoms with Gasteiger partial charge in [0.05, 0.1) is 14.2 Å². The van der Waals surface area contributed by atoms with Crippen LogP contribution < -0.4 is 0 Å². The molecule has 0 N–H and O–H groups in total. The summed E-state index contributed by atoms with van der Waals surface area (Å²) in [6.07, 6.45) is 11.0. The first-order valence-electron chi connectivity index (χ1n) is 9.99. The Morgan fingerprint density at radius 1 is 0.714 bits per heavy atom.